The van der Waals surface area contributed by atoms with Gasteiger partial charge in [-0.05, 0) is 69.2 Å². The van der Waals surface area contributed by atoms with Gasteiger partial charge in [0.05, 0.1) is 16.9 Å². The highest BCUT2D eigenvalue weighted by atomic mass is 16.6. The highest BCUT2D eigenvalue weighted by molar-refractivity contribution is 6.01. The maximum atomic E-state index is 12.1. The number of hydrogen-bond donors (Lipinski definition) is 3. The Kier molecular flexibility index (Phi) is 4.57. The van der Waals surface area contributed by atoms with E-state index in [2.05, 4.69) is 9.88 Å². The van der Waals surface area contributed by atoms with E-state index in [1.165, 1.54) is 6.42 Å². The minimum atomic E-state index is -0.416. The predicted octanol–water partition coefficient (Wildman–Crippen LogP) is 5.67. The van der Waals surface area contributed by atoms with Crippen molar-refractivity contribution >= 4 is 28.4 Å². The summed E-state index contributed by atoms with van der Waals surface area (Å²) in [6, 6.07) is 13.4. The van der Waals surface area contributed by atoms with Crippen LogP contribution in [0.2, 0.25) is 0 Å². The van der Waals surface area contributed by atoms with Crippen molar-refractivity contribution in [1.82, 2.24) is 4.57 Å². The SMILES string of the molecule is CC(OC(=O)Nc1ccc(-c2c(N)c3ccc(O)cc3n2C2CCC2)cc1)C1CC1. The lowest BCUT2D eigenvalue weighted by molar-refractivity contribution is 0.108. The number of rotatable bonds is 5. The van der Waals surface area contributed by atoms with Crippen molar-refractivity contribution in [3.8, 4) is 17.0 Å². The number of nitrogen functional groups attached to an aromatic ring is 1. The summed E-state index contributed by atoms with van der Waals surface area (Å²) in [6.07, 6.45) is 5.23. The van der Waals surface area contributed by atoms with Crippen LogP contribution in [-0.2, 0) is 4.74 Å². The highest BCUT2D eigenvalue weighted by Crippen LogP contribution is 2.44. The molecule has 0 saturated heterocycles. The number of fused-ring (bicyclic) bond motifs is 1. The molecule has 2 saturated carbocycles. The molecule has 2 aromatic carbocycles. The number of phenolic OH excluding ortho intramolecular Hbond substituents is 1. The summed E-state index contributed by atoms with van der Waals surface area (Å²) in [6.45, 7) is 1.94. The lowest BCUT2D eigenvalue weighted by Gasteiger charge is -2.30. The quantitative estimate of drug-likeness (QED) is 0.510. The second-order valence-electron chi connectivity index (χ2n) is 8.57. The van der Waals surface area contributed by atoms with Gasteiger partial charge in [-0.3, -0.25) is 5.32 Å². The molecule has 30 heavy (non-hydrogen) atoms. The Hall–Kier alpha value is -3.15. The molecule has 5 rings (SSSR count). The molecule has 0 radical (unpaired) electrons. The van der Waals surface area contributed by atoms with Gasteiger partial charge < -0.3 is 20.1 Å². The number of carbonyl (C=O) groups is 1. The van der Waals surface area contributed by atoms with Gasteiger partial charge in [-0.15, -0.1) is 0 Å². The minimum absolute atomic E-state index is 0.0429. The van der Waals surface area contributed by atoms with Crippen LogP contribution in [0.3, 0.4) is 0 Å². The Morgan fingerprint density at radius 3 is 2.53 bits per heavy atom. The van der Waals surface area contributed by atoms with Gasteiger partial charge in [-0.25, -0.2) is 4.79 Å². The largest absolute Gasteiger partial charge is 0.508 e. The van der Waals surface area contributed by atoms with Gasteiger partial charge in [0.25, 0.3) is 0 Å². The first-order valence-corrected chi connectivity index (χ1v) is 10.7. The number of aromatic nitrogens is 1. The topological polar surface area (TPSA) is 89.5 Å². The van der Waals surface area contributed by atoms with E-state index in [1.54, 1.807) is 12.1 Å². The number of nitrogens with one attached hydrogen (secondary N) is 1. The molecule has 2 fully saturated rings. The Labute approximate surface area is 175 Å². The van der Waals surface area contributed by atoms with Crippen LogP contribution in [0.4, 0.5) is 16.2 Å². The van der Waals surface area contributed by atoms with E-state index >= 15 is 0 Å². The molecule has 1 unspecified atom stereocenters. The van der Waals surface area contributed by atoms with E-state index in [0.29, 0.717) is 17.6 Å². The lowest BCUT2D eigenvalue weighted by atomic mass is 9.92. The minimum Gasteiger partial charge on any atom is -0.508 e. The van der Waals surface area contributed by atoms with Crippen LogP contribution < -0.4 is 11.1 Å². The van der Waals surface area contributed by atoms with Crippen LogP contribution in [0.1, 0.15) is 45.1 Å². The average molecular weight is 405 g/mol. The van der Waals surface area contributed by atoms with Gasteiger partial charge in [-0.2, -0.15) is 0 Å². The van der Waals surface area contributed by atoms with Crippen LogP contribution in [0.5, 0.6) is 5.75 Å². The molecular formula is C24H27N3O3. The molecule has 3 aromatic rings. The first kappa shape index (κ1) is 18.9. The predicted molar refractivity (Wildman–Crippen MR) is 119 cm³/mol. The van der Waals surface area contributed by atoms with E-state index in [4.69, 9.17) is 10.5 Å². The number of anilines is 2. The number of hydrogen-bond acceptors (Lipinski definition) is 4. The van der Waals surface area contributed by atoms with Crippen LogP contribution in [0.25, 0.3) is 22.2 Å². The van der Waals surface area contributed by atoms with E-state index in [9.17, 15) is 9.90 Å². The van der Waals surface area contributed by atoms with Crippen molar-refractivity contribution in [1.29, 1.82) is 0 Å². The van der Waals surface area contributed by atoms with Crippen molar-refractivity contribution in [3.05, 3.63) is 42.5 Å². The van der Waals surface area contributed by atoms with Crippen molar-refractivity contribution in [3.63, 3.8) is 0 Å². The number of phenols is 1. The third-order valence-electron chi connectivity index (χ3n) is 6.45. The molecule has 156 valence electrons. The van der Waals surface area contributed by atoms with Gasteiger partial charge >= 0.3 is 6.09 Å². The van der Waals surface area contributed by atoms with Crippen molar-refractivity contribution in [2.45, 2.75) is 51.2 Å². The fourth-order valence-corrected chi connectivity index (χ4v) is 4.33. The maximum Gasteiger partial charge on any atom is 0.411 e. The van der Waals surface area contributed by atoms with Gasteiger partial charge in [-0.1, -0.05) is 12.1 Å². The van der Waals surface area contributed by atoms with E-state index in [-0.39, 0.29) is 11.9 Å². The maximum absolute atomic E-state index is 12.1. The zero-order valence-electron chi connectivity index (χ0n) is 17.1. The van der Waals surface area contributed by atoms with Gasteiger partial charge in [0.1, 0.15) is 11.9 Å². The fourth-order valence-electron chi connectivity index (χ4n) is 4.33. The van der Waals surface area contributed by atoms with Crippen molar-refractivity contribution in [2.75, 3.05) is 11.1 Å². The summed E-state index contributed by atoms with van der Waals surface area (Å²) in [5.74, 6) is 0.750. The zero-order valence-corrected chi connectivity index (χ0v) is 17.1. The fraction of sp³-hybridized carbons (Fsp3) is 0.375. The van der Waals surface area contributed by atoms with Crippen molar-refractivity contribution in [2.24, 2.45) is 5.92 Å². The normalized spacial score (nSPS) is 17.5. The zero-order chi connectivity index (χ0) is 20.8. The lowest BCUT2D eigenvalue weighted by Crippen LogP contribution is -2.21. The molecule has 0 spiro atoms. The Balaban J connectivity index is 1.44. The molecule has 6 nitrogen and oxygen atoms in total. The molecule has 1 aromatic heterocycles. The molecule has 1 heterocycles. The molecular weight excluding hydrogens is 378 g/mol. The number of carbonyl (C=O) groups excluding carboxylic acids is 1. The first-order valence-electron chi connectivity index (χ1n) is 10.7. The number of amides is 1. The van der Waals surface area contributed by atoms with E-state index in [1.807, 2.05) is 37.3 Å². The Morgan fingerprint density at radius 2 is 1.90 bits per heavy atom. The van der Waals surface area contributed by atoms with Gasteiger partial charge in [0, 0.05) is 28.7 Å². The van der Waals surface area contributed by atoms with E-state index in [0.717, 1.165) is 53.5 Å². The number of nitrogens with zero attached hydrogens (tertiary/aromatic N) is 1. The van der Waals surface area contributed by atoms with Crippen LogP contribution in [-0.4, -0.2) is 21.9 Å². The summed E-state index contributed by atoms with van der Waals surface area (Å²) in [5.41, 5.74) is 10.9. The van der Waals surface area contributed by atoms with Crippen molar-refractivity contribution < 1.29 is 14.6 Å². The summed E-state index contributed by atoms with van der Waals surface area (Å²) in [7, 11) is 0. The third kappa shape index (κ3) is 3.36. The molecule has 2 aliphatic carbocycles. The number of benzene rings is 2. The Morgan fingerprint density at radius 1 is 1.17 bits per heavy atom. The Bertz CT molecular complexity index is 1100. The van der Waals surface area contributed by atoms with Crippen LogP contribution in [0.15, 0.2) is 42.5 Å². The van der Waals surface area contributed by atoms with Crippen LogP contribution in [0, 0.1) is 5.92 Å². The number of ether oxygens (including phenoxy) is 1. The third-order valence-corrected chi connectivity index (χ3v) is 6.45. The molecule has 1 atom stereocenters. The molecule has 0 aliphatic heterocycles. The monoisotopic (exact) mass is 405 g/mol. The molecule has 4 N–H and O–H groups in total. The number of aromatic hydroxyl groups is 1. The summed E-state index contributed by atoms with van der Waals surface area (Å²) >= 11 is 0. The number of nitrogens with two attached hydrogens (primary N) is 1. The second-order valence-corrected chi connectivity index (χ2v) is 8.57. The summed E-state index contributed by atoms with van der Waals surface area (Å²) in [4.78, 5) is 12.1. The van der Waals surface area contributed by atoms with Gasteiger partial charge in [0.15, 0.2) is 0 Å². The summed E-state index contributed by atoms with van der Waals surface area (Å²) < 4.78 is 7.70. The van der Waals surface area contributed by atoms with Crippen LogP contribution >= 0.6 is 0 Å². The first-order chi connectivity index (χ1) is 14.5. The molecule has 6 heteroatoms. The average Bonchev–Trinajstić information content (AvgIpc) is 3.49. The van der Waals surface area contributed by atoms with Gasteiger partial charge in [0.2, 0.25) is 0 Å². The van der Waals surface area contributed by atoms with E-state index < -0.39 is 6.09 Å². The second kappa shape index (κ2) is 7.27. The standard InChI is InChI=1S/C24H27N3O3/c1-14(15-5-6-15)30-24(29)26-17-9-7-16(8-10-17)23-22(25)20-12-11-19(28)13-21(20)27(23)18-3-2-4-18/h7-15,18,28H,2-6,25H2,1H3,(H,26,29). The molecule has 1 amide bonds. The summed E-state index contributed by atoms with van der Waals surface area (Å²) in [5, 5.41) is 13.8. The smallest absolute Gasteiger partial charge is 0.411 e. The molecule has 2 aliphatic rings. The highest BCUT2D eigenvalue weighted by Gasteiger charge is 2.31. The molecule has 0 bridgehead atoms.